The van der Waals surface area contributed by atoms with Crippen LogP contribution in [0.15, 0.2) is 81.6 Å². The molecular weight excluding hydrogens is 546 g/mol. The fourth-order valence-corrected chi connectivity index (χ4v) is 5.62. The Hall–Kier alpha value is -3.14. The Balaban J connectivity index is 1.36. The van der Waals surface area contributed by atoms with Crippen LogP contribution >= 0.6 is 39.0 Å². The summed E-state index contributed by atoms with van der Waals surface area (Å²) in [6.45, 7) is 0.875. The standard InChI is InChI=1S/C26H20BrN3O3S2/c27-19-9-7-17(8-10-19)14-30-25(32)23(35-26(30)33)12-18-15-29(22-6-2-1-5-21(18)22)16-24(31)28-13-20-4-3-11-34-20/h1-12,15H,13-14,16H2,(H,28,31)/b23-12-. The third kappa shape index (κ3) is 5.27. The number of halogens is 1. The molecule has 1 N–H and O–H groups in total. The lowest BCUT2D eigenvalue weighted by Gasteiger charge is -2.12. The predicted octanol–water partition coefficient (Wildman–Crippen LogP) is 6.02. The fraction of sp³-hybridized carbons (Fsp3) is 0.115. The topological polar surface area (TPSA) is 71.4 Å². The lowest BCUT2D eigenvalue weighted by molar-refractivity contribution is -0.123. The minimum Gasteiger partial charge on any atom is -0.350 e. The van der Waals surface area contributed by atoms with E-state index in [1.807, 2.05) is 76.8 Å². The van der Waals surface area contributed by atoms with E-state index in [2.05, 4.69) is 21.2 Å². The van der Waals surface area contributed by atoms with Crippen molar-refractivity contribution in [3.8, 4) is 0 Å². The van der Waals surface area contributed by atoms with E-state index in [0.29, 0.717) is 11.4 Å². The maximum Gasteiger partial charge on any atom is 0.293 e. The van der Waals surface area contributed by atoms with Crippen molar-refractivity contribution in [1.82, 2.24) is 14.8 Å². The molecule has 9 heteroatoms. The number of carbonyl (C=O) groups excluding carboxylic acids is 3. The molecule has 5 rings (SSSR count). The van der Waals surface area contributed by atoms with Crippen molar-refractivity contribution in [3.05, 3.63) is 97.6 Å². The zero-order valence-corrected chi connectivity index (χ0v) is 21.7. The van der Waals surface area contributed by atoms with E-state index in [0.717, 1.165) is 43.1 Å². The van der Waals surface area contributed by atoms with Crippen molar-refractivity contribution in [2.45, 2.75) is 19.6 Å². The summed E-state index contributed by atoms with van der Waals surface area (Å²) in [6.07, 6.45) is 3.60. The number of nitrogens with one attached hydrogen (secondary N) is 1. The van der Waals surface area contributed by atoms with Crippen molar-refractivity contribution in [2.24, 2.45) is 0 Å². The SMILES string of the molecule is O=C(Cn1cc(/C=C2\SC(=O)N(Cc3ccc(Br)cc3)C2=O)c2ccccc21)NCc1cccs1. The average molecular weight is 567 g/mol. The number of hydrogen-bond donors (Lipinski definition) is 1. The Morgan fingerprint density at radius 3 is 2.60 bits per heavy atom. The molecule has 4 aromatic rings. The molecule has 3 heterocycles. The summed E-state index contributed by atoms with van der Waals surface area (Å²) >= 11 is 5.93. The first-order valence-electron chi connectivity index (χ1n) is 10.8. The molecule has 1 aliphatic heterocycles. The molecule has 2 aromatic heterocycles. The van der Waals surface area contributed by atoms with Gasteiger partial charge in [0.05, 0.1) is 18.0 Å². The van der Waals surface area contributed by atoms with Gasteiger partial charge in [-0.3, -0.25) is 19.3 Å². The summed E-state index contributed by atoms with van der Waals surface area (Å²) in [6, 6.07) is 19.2. The Morgan fingerprint density at radius 1 is 1.03 bits per heavy atom. The van der Waals surface area contributed by atoms with E-state index < -0.39 is 0 Å². The number of amides is 3. The molecule has 6 nitrogen and oxygen atoms in total. The van der Waals surface area contributed by atoms with Gasteiger partial charge in [0.25, 0.3) is 11.1 Å². The van der Waals surface area contributed by atoms with Crippen molar-refractivity contribution in [1.29, 1.82) is 0 Å². The molecule has 2 aromatic carbocycles. The van der Waals surface area contributed by atoms with Gasteiger partial charge in [-0.05, 0) is 53.0 Å². The molecule has 35 heavy (non-hydrogen) atoms. The maximum absolute atomic E-state index is 13.0. The van der Waals surface area contributed by atoms with Gasteiger partial charge in [-0.25, -0.2) is 0 Å². The first-order valence-corrected chi connectivity index (χ1v) is 13.3. The highest BCUT2D eigenvalue weighted by atomic mass is 79.9. The molecule has 0 atom stereocenters. The van der Waals surface area contributed by atoms with Crippen molar-refractivity contribution in [3.63, 3.8) is 0 Å². The summed E-state index contributed by atoms with van der Waals surface area (Å²) in [5, 5.41) is 5.55. The van der Waals surface area contributed by atoms with Gasteiger partial charge in [-0.1, -0.05) is 52.3 Å². The molecular formula is C26H20BrN3O3S2. The number of thiophene rings is 1. The molecule has 0 bridgehead atoms. The van der Waals surface area contributed by atoms with Crippen molar-refractivity contribution in [2.75, 3.05) is 0 Å². The zero-order valence-electron chi connectivity index (χ0n) is 18.4. The molecule has 0 saturated carbocycles. The Labute approximate surface area is 218 Å². The van der Waals surface area contributed by atoms with Crippen molar-refractivity contribution < 1.29 is 14.4 Å². The number of nitrogens with zero attached hydrogens (tertiary/aromatic N) is 2. The number of carbonyl (C=O) groups is 3. The van der Waals surface area contributed by atoms with Crippen molar-refractivity contribution >= 4 is 73.1 Å². The first-order chi connectivity index (χ1) is 17.0. The Kier molecular flexibility index (Phi) is 6.90. The molecule has 1 aliphatic rings. The van der Waals surface area contributed by atoms with Crippen LogP contribution in [0.4, 0.5) is 4.79 Å². The highest BCUT2D eigenvalue weighted by Crippen LogP contribution is 2.35. The molecule has 3 amide bonds. The number of fused-ring (bicyclic) bond motifs is 1. The van der Waals surface area contributed by atoms with Gasteiger partial charge in [-0.15, -0.1) is 11.3 Å². The Bertz CT molecular complexity index is 1440. The first kappa shape index (κ1) is 23.6. The van der Waals surface area contributed by atoms with Gasteiger partial charge in [0.2, 0.25) is 5.91 Å². The van der Waals surface area contributed by atoms with Gasteiger partial charge in [0.1, 0.15) is 6.54 Å². The molecule has 0 spiro atoms. The van der Waals surface area contributed by atoms with E-state index in [1.165, 1.54) is 4.90 Å². The summed E-state index contributed by atoms with van der Waals surface area (Å²) in [7, 11) is 0. The van der Waals surface area contributed by atoms with Gasteiger partial charge in [-0.2, -0.15) is 0 Å². The molecule has 1 fully saturated rings. The van der Waals surface area contributed by atoms with Gasteiger partial charge < -0.3 is 9.88 Å². The normalized spacial score (nSPS) is 14.9. The third-order valence-electron chi connectivity index (χ3n) is 5.59. The molecule has 0 radical (unpaired) electrons. The van der Waals surface area contributed by atoms with E-state index in [-0.39, 0.29) is 30.1 Å². The predicted molar refractivity (Wildman–Crippen MR) is 144 cm³/mol. The zero-order chi connectivity index (χ0) is 24.4. The van der Waals surface area contributed by atoms with E-state index in [4.69, 9.17) is 0 Å². The number of thioether (sulfide) groups is 1. The number of para-hydroxylation sites is 1. The molecule has 1 saturated heterocycles. The van der Waals surface area contributed by atoms with Crippen LogP contribution in [-0.4, -0.2) is 26.5 Å². The minimum absolute atomic E-state index is 0.0967. The Morgan fingerprint density at radius 2 is 1.83 bits per heavy atom. The number of benzene rings is 2. The van der Waals surface area contributed by atoms with Crippen LogP contribution in [0.3, 0.4) is 0 Å². The van der Waals surface area contributed by atoms with Gasteiger partial charge >= 0.3 is 0 Å². The second-order valence-electron chi connectivity index (χ2n) is 7.98. The van der Waals surface area contributed by atoms with Crippen LogP contribution in [0.5, 0.6) is 0 Å². The quantitative estimate of drug-likeness (QED) is 0.278. The van der Waals surface area contributed by atoms with Crippen LogP contribution in [0, 0.1) is 0 Å². The van der Waals surface area contributed by atoms with Crippen LogP contribution in [0.25, 0.3) is 17.0 Å². The van der Waals surface area contributed by atoms with Gasteiger partial charge in [0, 0.05) is 32.0 Å². The fourth-order valence-electron chi connectivity index (χ4n) is 3.88. The number of aromatic nitrogens is 1. The van der Waals surface area contributed by atoms with Gasteiger partial charge in [0.15, 0.2) is 0 Å². The van der Waals surface area contributed by atoms with E-state index in [1.54, 1.807) is 17.4 Å². The second-order valence-corrected chi connectivity index (χ2v) is 10.9. The highest BCUT2D eigenvalue weighted by molar-refractivity contribution is 9.10. The monoisotopic (exact) mass is 565 g/mol. The van der Waals surface area contributed by atoms with Crippen LogP contribution < -0.4 is 5.32 Å². The summed E-state index contributed by atoms with van der Waals surface area (Å²) in [5.41, 5.74) is 2.56. The van der Waals surface area contributed by atoms with E-state index in [9.17, 15) is 14.4 Å². The van der Waals surface area contributed by atoms with Crippen LogP contribution in [-0.2, 0) is 29.2 Å². The number of rotatable bonds is 7. The second kappa shape index (κ2) is 10.2. The molecule has 0 aliphatic carbocycles. The van der Waals surface area contributed by atoms with Crippen LogP contribution in [0.2, 0.25) is 0 Å². The maximum atomic E-state index is 13.0. The molecule has 0 unspecified atom stereocenters. The largest absolute Gasteiger partial charge is 0.350 e. The van der Waals surface area contributed by atoms with Crippen LogP contribution in [0.1, 0.15) is 16.0 Å². The minimum atomic E-state index is -0.312. The van der Waals surface area contributed by atoms with E-state index >= 15 is 0 Å². The summed E-state index contributed by atoms with van der Waals surface area (Å²) < 4.78 is 2.81. The smallest absolute Gasteiger partial charge is 0.293 e. The summed E-state index contributed by atoms with van der Waals surface area (Å²) in [5.74, 6) is -0.408. The number of imide groups is 1. The third-order valence-corrected chi connectivity index (χ3v) is 7.90. The highest BCUT2D eigenvalue weighted by Gasteiger charge is 2.35. The number of hydrogen-bond acceptors (Lipinski definition) is 5. The molecule has 176 valence electrons. The lowest BCUT2D eigenvalue weighted by atomic mass is 10.1. The lowest BCUT2D eigenvalue weighted by Crippen LogP contribution is -2.27. The summed E-state index contributed by atoms with van der Waals surface area (Å²) in [4.78, 5) is 41.0. The average Bonchev–Trinajstić information content (AvgIpc) is 3.56.